The third kappa shape index (κ3) is 3.59. The molecule has 1 saturated carbocycles. The Morgan fingerprint density at radius 3 is 2.46 bits per heavy atom. The molecule has 0 saturated heterocycles. The zero-order chi connectivity index (χ0) is 9.68. The number of aliphatic hydroxyl groups excluding tert-OH is 1. The van der Waals surface area contributed by atoms with Crippen LogP contribution in [0.2, 0.25) is 0 Å². The van der Waals surface area contributed by atoms with Gasteiger partial charge in [0, 0.05) is 6.08 Å². The van der Waals surface area contributed by atoms with E-state index < -0.39 is 12.1 Å². The highest BCUT2D eigenvalue weighted by Crippen LogP contribution is 2.26. The number of rotatable bonds is 3. The summed E-state index contributed by atoms with van der Waals surface area (Å²) in [6.45, 7) is 0. The first-order valence-corrected chi connectivity index (χ1v) is 4.79. The molecule has 0 amide bonds. The first kappa shape index (κ1) is 10.3. The van der Waals surface area contributed by atoms with E-state index in [2.05, 4.69) is 0 Å². The molecule has 13 heavy (non-hydrogen) atoms. The van der Waals surface area contributed by atoms with E-state index in [1.165, 1.54) is 12.5 Å². The average molecular weight is 184 g/mol. The minimum absolute atomic E-state index is 0.268. The van der Waals surface area contributed by atoms with Gasteiger partial charge < -0.3 is 10.2 Å². The molecule has 0 bridgehead atoms. The summed E-state index contributed by atoms with van der Waals surface area (Å²) in [5.41, 5.74) is 0. The van der Waals surface area contributed by atoms with Gasteiger partial charge in [0.2, 0.25) is 0 Å². The van der Waals surface area contributed by atoms with Gasteiger partial charge in [-0.2, -0.15) is 0 Å². The molecular formula is C10H16O3. The van der Waals surface area contributed by atoms with Crippen molar-refractivity contribution in [3.05, 3.63) is 12.2 Å². The van der Waals surface area contributed by atoms with Crippen LogP contribution in [0.3, 0.4) is 0 Å². The molecule has 1 fully saturated rings. The molecule has 0 aromatic heterocycles. The van der Waals surface area contributed by atoms with Gasteiger partial charge in [-0.25, -0.2) is 4.79 Å². The Bertz CT molecular complexity index is 192. The van der Waals surface area contributed by atoms with Crippen molar-refractivity contribution in [2.75, 3.05) is 0 Å². The lowest BCUT2D eigenvalue weighted by Gasteiger charge is -2.24. The van der Waals surface area contributed by atoms with E-state index in [1.807, 2.05) is 0 Å². The number of aliphatic carboxylic acids is 1. The van der Waals surface area contributed by atoms with Gasteiger partial charge in [0.15, 0.2) is 0 Å². The summed E-state index contributed by atoms with van der Waals surface area (Å²) in [4.78, 5) is 10.2. The highest BCUT2D eigenvalue weighted by atomic mass is 16.4. The molecule has 0 unspecified atom stereocenters. The summed E-state index contributed by atoms with van der Waals surface area (Å²) >= 11 is 0. The molecule has 74 valence electrons. The van der Waals surface area contributed by atoms with Crippen LogP contribution in [0.5, 0.6) is 0 Å². The molecule has 3 nitrogen and oxygen atoms in total. The summed E-state index contributed by atoms with van der Waals surface area (Å²) < 4.78 is 0. The van der Waals surface area contributed by atoms with E-state index in [4.69, 9.17) is 5.11 Å². The van der Waals surface area contributed by atoms with Crippen LogP contribution in [0, 0.1) is 5.92 Å². The summed E-state index contributed by atoms with van der Waals surface area (Å²) in [7, 11) is 0. The second kappa shape index (κ2) is 5.02. The number of carbonyl (C=O) groups is 1. The third-order valence-electron chi connectivity index (χ3n) is 2.57. The van der Waals surface area contributed by atoms with Gasteiger partial charge in [-0.3, -0.25) is 0 Å². The lowest BCUT2D eigenvalue weighted by atomic mass is 9.85. The van der Waals surface area contributed by atoms with Crippen LogP contribution in [0.4, 0.5) is 0 Å². The summed E-state index contributed by atoms with van der Waals surface area (Å²) in [5, 5.41) is 17.9. The number of aliphatic hydroxyl groups is 1. The lowest BCUT2D eigenvalue weighted by molar-refractivity contribution is -0.131. The van der Waals surface area contributed by atoms with Gasteiger partial charge in [0.25, 0.3) is 0 Å². The normalized spacial score (nSPS) is 21.9. The fourth-order valence-corrected chi connectivity index (χ4v) is 1.81. The van der Waals surface area contributed by atoms with E-state index in [-0.39, 0.29) is 5.92 Å². The largest absolute Gasteiger partial charge is 0.478 e. The van der Waals surface area contributed by atoms with E-state index in [0.717, 1.165) is 31.8 Å². The Morgan fingerprint density at radius 2 is 1.92 bits per heavy atom. The predicted octanol–water partition coefficient (Wildman–Crippen LogP) is 1.57. The van der Waals surface area contributed by atoms with E-state index >= 15 is 0 Å². The van der Waals surface area contributed by atoms with Crippen LogP contribution in [0.25, 0.3) is 0 Å². The van der Waals surface area contributed by atoms with Crippen molar-refractivity contribution in [3.63, 3.8) is 0 Å². The van der Waals surface area contributed by atoms with Gasteiger partial charge >= 0.3 is 5.97 Å². The zero-order valence-electron chi connectivity index (χ0n) is 7.65. The quantitative estimate of drug-likeness (QED) is 0.654. The molecular weight excluding hydrogens is 168 g/mol. The standard InChI is InChI=1S/C10H16O3/c11-9(6-7-10(12)13)8-4-2-1-3-5-8/h6-9,11H,1-5H2,(H,12,13)/b7-6-/t9-/m1/s1. The van der Waals surface area contributed by atoms with Crippen LogP contribution >= 0.6 is 0 Å². The maximum absolute atomic E-state index is 10.2. The van der Waals surface area contributed by atoms with E-state index in [1.54, 1.807) is 0 Å². The summed E-state index contributed by atoms with van der Waals surface area (Å²) in [5.74, 6) is -0.723. The van der Waals surface area contributed by atoms with Gasteiger partial charge in [-0.1, -0.05) is 19.3 Å². The van der Waals surface area contributed by atoms with Crippen LogP contribution in [-0.4, -0.2) is 22.3 Å². The van der Waals surface area contributed by atoms with Gasteiger partial charge in [-0.15, -0.1) is 0 Å². The molecule has 0 aliphatic heterocycles. The summed E-state index contributed by atoms with van der Waals surface area (Å²) in [6.07, 6.45) is 7.43. The maximum atomic E-state index is 10.2. The van der Waals surface area contributed by atoms with Crippen molar-refractivity contribution in [3.8, 4) is 0 Å². The molecule has 0 heterocycles. The van der Waals surface area contributed by atoms with Crippen LogP contribution in [-0.2, 0) is 4.79 Å². The second-order valence-electron chi connectivity index (χ2n) is 3.59. The Hall–Kier alpha value is -0.830. The van der Waals surface area contributed by atoms with Crippen molar-refractivity contribution in [2.24, 2.45) is 5.92 Å². The third-order valence-corrected chi connectivity index (χ3v) is 2.57. The molecule has 0 aromatic carbocycles. The summed E-state index contributed by atoms with van der Waals surface area (Å²) in [6, 6.07) is 0. The van der Waals surface area contributed by atoms with Crippen molar-refractivity contribution >= 4 is 5.97 Å². The molecule has 2 N–H and O–H groups in total. The van der Waals surface area contributed by atoms with Gasteiger partial charge in [-0.05, 0) is 24.8 Å². The SMILES string of the molecule is O=C(O)/C=C\[C@@H](O)C1CCCCC1. The van der Waals surface area contributed by atoms with Gasteiger partial charge in [0.05, 0.1) is 6.10 Å². The number of hydrogen-bond acceptors (Lipinski definition) is 2. The maximum Gasteiger partial charge on any atom is 0.328 e. The molecule has 1 rings (SSSR count). The monoisotopic (exact) mass is 184 g/mol. The van der Waals surface area contributed by atoms with E-state index in [0.29, 0.717) is 0 Å². The minimum Gasteiger partial charge on any atom is -0.478 e. The first-order valence-electron chi connectivity index (χ1n) is 4.79. The fourth-order valence-electron chi connectivity index (χ4n) is 1.81. The predicted molar refractivity (Wildman–Crippen MR) is 49.4 cm³/mol. The molecule has 3 heteroatoms. The topological polar surface area (TPSA) is 57.5 Å². The Labute approximate surface area is 78.1 Å². The van der Waals surface area contributed by atoms with Crippen molar-refractivity contribution < 1.29 is 15.0 Å². The average Bonchev–Trinajstić information content (AvgIpc) is 2.15. The zero-order valence-corrected chi connectivity index (χ0v) is 7.65. The minimum atomic E-state index is -0.991. The smallest absolute Gasteiger partial charge is 0.328 e. The fraction of sp³-hybridized carbons (Fsp3) is 0.700. The van der Waals surface area contributed by atoms with E-state index in [9.17, 15) is 9.90 Å². The molecule has 1 aliphatic rings. The number of carboxylic acids is 1. The van der Waals surface area contributed by atoms with Gasteiger partial charge in [0.1, 0.15) is 0 Å². The Balaban J connectivity index is 2.36. The highest BCUT2D eigenvalue weighted by molar-refractivity contribution is 5.79. The Kier molecular flexibility index (Phi) is 3.96. The second-order valence-corrected chi connectivity index (χ2v) is 3.59. The number of hydrogen-bond donors (Lipinski definition) is 2. The molecule has 1 atom stereocenters. The van der Waals surface area contributed by atoms with Crippen molar-refractivity contribution in [1.29, 1.82) is 0 Å². The molecule has 1 aliphatic carbocycles. The Morgan fingerprint density at radius 1 is 1.31 bits per heavy atom. The van der Waals surface area contributed by atoms with Crippen LogP contribution < -0.4 is 0 Å². The van der Waals surface area contributed by atoms with Crippen molar-refractivity contribution in [1.82, 2.24) is 0 Å². The molecule has 0 spiro atoms. The first-order chi connectivity index (χ1) is 6.20. The highest BCUT2D eigenvalue weighted by Gasteiger charge is 2.19. The van der Waals surface area contributed by atoms with Crippen molar-refractivity contribution in [2.45, 2.75) is 38.2 Å². The van der Waals surface area contributed by atoms with Crippen LogP contribution in [0.15, 0.2) is 12.2 Å². The van der Waals surface area contributed by atoms with Crippen LogP contribution in [0.1, 0.15) is 32.1 Å². The molecule has 0 radical (unpaired) electrons. The number of carboxylic acid groups (broad SMARTS) is 1. The lowest BCUT2D eigenvalue weighted by Crippen LogP contribution is -2.20. The molecule has 0 aromatic rings.